The maximum absolute atomic E-state index is 13.8. The van der Waals surface area contributed by atoms with Crippen molar-refractivity contribution in [1.82, 2.24) is 24.9 Å². The van der Waals surface area contributed by atoms with Crippen LogP contribution in [0.3, 0.4) is 0 Å². The Morgan fingerprint density at radius 3 is 2.81 bits per heavy atom. The number of benzene rings is 2. The summed E-state index contributed by atoms with van der Waals surface area (Å²) in [7, 11) is 0. The fraction of sp³-hybridized carbons (Fsp3) is 0.192. The Hall–Kier alpha value is -5.29. The fourth-order valence-corrected chi connectivity index (χ4v) is 4.05. The van der Waals surface area contributed by atoms with Gasteiger partial charge in [0.1, 0.15) is 11.5 Å². The third kappa shape index (κ3) is 4.19. The zero-order chi connectivity index (χ0) is 25.9. The average molecular weight is 493 g/mol. The summed E-state index contributed by atoms with van der Waals surface area (Å²) in [6, 6.07) is 13.9. The van der Waals surface area contributed by atoms with Crippen molar-refractivity contribution in [1.29, 1.82) is 5.26 Å². The van der Waals surface area contributed by atoms with E-state index in [0.29, 0.717) is 24.1 Å². The highest BCUT2D eigenvalue weighted by atomic mass is 16.5. The van der Waals surface area contributed by atoms with E-state index in [-0.39, 0.29) is 46.5 Å². The van der Waals surface area contributed by atoms with Gasteiger partial charge in [-0.25, -0.2) is 4.85 Å². The zero-order valence-electron chi connectivity index (χ0n) is 19.7. The number of para-hydroxylation sites is 2. The predicted octanol–water partition coefficient (Wildman–Crippen LogP) is 4.49. The first-order chi connectivity index (χ1) is 18.0. The number of aryl methyl sites for hydroxylation is 1. The molecule has 0 aliphatic rings. The van der Waals surface area contributed by atoms with Crippen molar-refractivity contribution in [2.24, 2.45) is 0 Å². The van der Waals surface area contributed by atoms with Gasteiger partial charge >= 0.3 is 0 Å². The Labute approximate surface area is 210 Å². The van der Waals surface area contributed by atoms with Crippen LogP contribution in [0.2, 0.25) is 0 Å². The number of rotatable bonds is 7. The predicted molar refractivity (Wildman–Crippen MR) is 131 cm³/mol. The number of unbranched alkanes of at least 4 members (excludes halogenated alkanes) is 1. The van der Waals surface area contributed by atoms with Crippen molar-refractivity contribution in [3.05, 3.63) is 87.2 Å². The molecule has 37 heavy (non-hydrogen) atoms. The van der Waals surface area contributed by atoms with Crippen LogP contribution in [-0.4, -0.2) is 30.0 Å². The quantitative estimate of drug-likeness (QED) is 0.324. The van der Waals surface area contributed by atoms with Crippen molar-refractivity contribution in [3.63, 3.8) is 0 Å². The summed E-state index contributed by atoms with van der Waals surface area (Å²) >= 11 is 0. The lowest BCUT2D eigenvalue weighted by molar-refractivity contribution is 0.435. The number of hydrogen-bond acceptors (Lipinski definition) is 9. The van der Waals surface area contributed by atoms with Gasteiger partial charge in [0.05, 0.1) is 30.3 Å². The summed E-state index contributed by atoms with van der Waals surface area (Å²) < 4.78 is 12.2. The van der Waals surface area contributed by atoms with Gasteiger partial charge < -0.3 is 14.0 Å². The topological polar surface area (TPSA) is 148 Å². The lowest BCUT2D eigenvalue weighted by atomic mass is 10.1. The summed E-state index contributed by atoms with van der Waals surface area (Å²) in [5.41, 5.74) is 0.443. The molecule has 1 N–H and O–H groups in total. The lowest BCUT2D eigenvalue weighted by Gasteiger charge is -2.16. The molecule has 2 aromatic carbocycles. The van der Waals surface area contributed by atoms with Crippen LogP contribution in [0, 0.1) is 17.9 Å². The van der Waals surface area contributed by atoms with Gasteiger partial charge in [-0.1, -0.05) is 42.8 Å². The van der Waals surface area contributed by atoms with E-state index >= 15 is 0 Å². The van der Waals surface area contributed by atoms with Crippen LogP contribution in [0.5, 0.6) is 5.88 Å². The van der Waals surface area contributed by atoms with Crippen molar-refractivity contribution >= 4 is 16.7 Å². The van der Waals surface area contributed by atoms with Crippen LogP contribution in [0.1, 0.15) is 42.7 Å². The second kappa shape index (κ2) is 9.76. The van der Waals surface area contributed by atoms with E-state index < -0.39 is 11.4 Å². The maximum atomic E-state index is 13.8. The number of nitrogens with zero attached hydrogens (tertiary/aromatic N) is 7. The molecule has 0 atom stereocenters. The molecule has 11 nitrogen and oxygen atoms in total. The molecule has 3 heterocycles. The van der Waals surface area contributed by atoms with Gasteiger partial charge in [0.2, 0.25) is 17.5 Å². The minimum absolute atomic E-state index is 0.0960. The zero-order valence-corrected chi connectivity index (χ0v) is 19.7. The van der Waals surface area contributed by atoms with E-state index in [1.807, 2.05) is 31.2 Å². The molecule has 0 fully saturated rings. The van der Waals surface area contributed by atoms with Gasteiger partial charge in [-0.3, -0.25) is 9.36 Å². The summed E-state index contributed by atoms with van der Waals surface area (Å²) in [4.78, 5) is 21.6. The molecule has 182 valence electrons. The van der Waals surface area contributed by atoms with Crippen molar-refractivity contribution in [2.45, 2.75) is 32.6 Å². The normalized spacial score (nSPS) is 10.9. The minimum atomic E-state index is -0.728. The van der Waals surface area contributed by atoms with E-state index in [2.05, 4.69) is 25.2 Å². The van der Waals surface area contributed by atoms with E-state index in [1.54, 1.807) is 12.1 Å². The Bertz CT molecular complexity index is 1740. The molecule has 0 aliphatic heterocycles. The lowest BCUT2D eigenvalue weighted by Crippen LogP contribution is -2.26. The van der Waals surface area contributed by atoms with Gasteiger partial charge in [-0.15, -0.1) is 10.2 Å². The number of aromatic nitrogens is 5. The first-order valence-corrected chi connectivity index (χ1v) is 11.5. The maximum Gasteiger partial charge on any atom is 0.273 e. The number of nitriles is 1. The Morgan fingerprint density at radius 1 is 1.19 bits per heavy atom. The smallest absolute Gasteiger partial charge is 0.273 e. The average Bonchev–Trinajstić information content (AvgIpc) is 3.54. The molecule has 0 radical (unpaired) electrons. The third-order valence-corrected chi connectivity index (χ3v) is 5.82. The third-order valence-electron chi connectivity index (χ3n) is 5.82. The summed E-state index contributed by atoms with van der Waals surface area (Å²) in [5.74, 6) is -0.455. The SMILES string of the molecule is [C-]#[N+]c1cccc(C#N)c1-n1c(CCCC)nc(O)c(-c2nnc(Cc3noc4ccccc34)o2)c1=O. The Kier molecular flexibility index (Phi) is 6.18. The molecule has 0 aliphatic carbocycles. The fourth-order valence-electron chi connectivity index (χ4n) is 4.05. The van der Waals surface area contributed by atoms with Crippen LogP contribution < -0.4 is 5.56 Å². The highest BCUT2D eigenvalue weighted by Crippen LogP contribution is 2.31. The van der Waals surface area contributed by atoms with Gasteiger partial charge in [-0.05, 0) is 24.6 Å². The van der Waals surface area contributed by atoms with Crippen molar-refractivity contribution < 1.29 is 14.0 Å². The van der Waals surface area contributed by atoms with Gasteiger partial charge in [0.15, 0.2) is 11.1 Å². The molecule has 0 bridgehead atoms. The van der Waals surface area contributed by atoms with Crippen LogP contribution in [0.15, 0.2) is 56.2 Å². The summed E-state index contributed by atoms with van der Waals surface area (Å²) in [5, 5.41) is 33.3. The molecule has 0 spiro atoms. The second-order valence-corrected chi connectivity index (χ2v) is 8.17. The molecule has 5 aromatic rings. The summed E-state index contributed by atoms with van der Waals surface area (Å²) in [6.07, 6.45) is 1.95. The Morgan fingerprint density at radius 2 is 2.03 bits per heavy atom. The highest BCUT2D eigenvalue weighted by Gasteiger charge is 2.26. The second-order valence-electron chi connectivity index (χ2n) is 8.17. The van der Waals surface area contributed by atoms with Crippen molar-refractivity contribution in [3.8, 4) is 29.1 Å². The van der Waals surface area contributed by atoms with Gasteiger partial charge in [0.25, 0.3) is 11.4 Å². The van der Waals surface area contributed by atoms with E-state index in [1.165, 1.54) is 16.7 Å². The number of fused-ring (bicyclic) bond motifs is 1. The van der Waals surface area contributed by atoms with Crippen LogP contribution >= 0.6 is 0 Å². The van der Waals surface area contributed by atoms with Crippen LogP contribution in [0.25, 0.3) is 33.0 Å². The largest absolute Gasteiger partial charge is 0.493 e. The number of hydrogen-bond donors (Lipinski definition) is 1. The van der Waals surface area contributed by atoms with Crippen LogP contribution in [0.4, 0.5) is 5.69 Å². The molecule has 11 heteroatoms. The van der Waals surface area contributed by atoms with Crippen LogP contribution in [-0.2, 0) is 12.8 Å². The number of aromatic hydroxyl groups is 1. The van der Waals surface area contributed by atoms with E-state index in [9.17, 15) is 15.2 Å². The molecule has 0 amide bonds. The van der Waals surface area contributed by atoms with E-state index in [4.69, 9.17) is 15.5 Å². The molecule has 0 unspecified atom stereocenters. The molecule has 3 aromatic heterocycles. The highest BCUT2D eigenvalue weighted by molar-refractivity contribution is 5.79. The van der Waals surface area contributed by atoms with Gasteiger partial charge in [-0.2, -0.15) is 10.2 Å². The Balaban J connectivity index is 1.64. The van der Waals surface area contributed by atoms with Gasteiger partial charge in [0, 0.05) is 11.8 Å². The summed E-state index contributed by atoms with van der Waals surface area (Å²) in [6.45, 7) is 9.55. The first kappa shape index (κ1) is 23.5. The monoisotopic (exact) mass is 493 g/mol. The van der Waals surface area contributed by atoms with Crippen molar-refractivity contribution in [2.75, 3.05) is 0 Å². The molecule has 0 saturated heterocycles. The first-order valence-electron chi connectivity index (χ1n) is 11.5. The molecular weight excluding hydrogens is 474 g/mol. The standard InChI is InChI=1S/C26H19N7O4/c1-3-4-12-20-29-24(34)22(26(35)33(20)23-15(14-27)8-7-10-17(23)28-2)25-31-30-21(36-25)13-18-16-9-5-6-11-19(16)37-32-18/h5-11,34H,3-4,12-13H2,1H3. The molecule has 0 saturated carbocycles. The minimum Gasteiger partial charge on any atom is -0.493 e. The van der Waals surface area contributed by atoms with E-state index in [0.717, 1.165) is 11.8 Å². The molecule has 5 rings (SSSR count). The molecular formula is C26H19N7O4.